The van der Waals surface area contributed by atoms with Gasteiger partial charge in [0.05, 0.1) is 12.3 Å². The second-order valence-electron chi connectivity index (χ2n) is 3.04. The zero-order valence-corrected chi connectivity index (χ0v) is 9.69. The first kappa shape index (κ1) is 11.4. The fourth-order valence-corrected chi connectivity index (χ4v) is 1.90. The van der Waals surface area contributed by atoms with Crippen LogP contribution >= 0.6 is 22.9 Å². The van der Waals surface area contributed by atoms with Crippen molar-refractivity contribution < 1.29 is 0 Å². The van der Waals surface area contributed by atoms with Crippen LogP contribution < -0.4 is 5.32 Å². The lowest BCUT2D eigenvalue weighted by molar-refractivity contribution is 0.500. The Balaban J connectivity index is 2.69. The van der Waals surface area contributed by atoms with Crippen LogP contribution in [0.2, 0.25) is 4.34 Å². The molecule has 1 heterocycles. The molecule has 3 nitrogen and oxygen atoms in total. The van der Waals surface area contributed by atoms with E-state index in [-0.39, 0.29) is 6.04 Å². The summed E-state index contributed by atoms with van der Waals surface area (Å²) in [5.74, 6) is 0. The molecule has 76 valence electrons. The van der Waals surface area contributed by atoms with Crippen molar-refractivity contribution in [2.45, 2.75) is 32.4 Å². The van der Waals surface area contributed by atoms with Gasteiger partial charge in [0.1, 0.15) is 15.4 Å². The van der Waals surface area contributed by atoms with E-state index in [0.29, 0.717) is 10.4 Å². The molecule has 1 rings (SSSR count). The molecule has 14 heavy (non-hydrogen) atoms. The molecule has 1 aromatic heterocycles. The molecule has 2 atom stereocenters. The smallest absolute Gasteiger partial charge is 0.148 e. The molecule has 5 heteroatoms. The zero-order valence-electron chi connectivity index (χ0n) is 8.12. The highest BCUT2D eigenvalue weighted by atomic mass is 35.5. The van der Waals surface area contributed by atoms with Crippen LogP contribution in [0.3, 0.4) is 0 Å². The van der Waals surface area contributed by atoms with Gasteiger partial charge in [-0.2, -0.15) is 5.26 Å². The second kappa shape index (κ2) is 5.30. The van der Waals surface area contributed by atoms with E-state index in [1.165, 1.54) is 11.3 Å². The van der Waals surface area contributed by atoms with Crippen LogP contribution in [-0.4, -0.2) is 11.0 Å². The van der Waals surface area contributed by atoms with Crippen molar-refractivity contribution >= 4 is 22.9 Å². The lowest BCUT2D eigenvalue weighted by Gasteiger charge is -2.14. The van der Waals surface area contributed by atoms with E-state index in [1.807, 2.05) is 6.92 Å². The Kier molecular flexibility index (Phi) is 4.33. The van der Waals surface area contributed by atoms with E-state index in [4.69, 9.17) is 16.9 Å². The number of halogens is 1. The first-order valence-electron chi connectivity index (χ1n) is 4.44. The van der Waals surface area contributed by atoms with Gasteiger partial charge in [0.2, 0.25) is 0 Å². The molecule has 0 amide bonds. The SMILES string of the molecule is CCC(C)NC(C#N)c1ncc(Cl)s1. The topological polar surface area (TPSA) is 48.7 Å². The van der Waals surface area contributed by atoms with Gasteiger partial charge >= 0.3 is 0 Å². The maximum Gasteiger partial charge on any atom is 0.148 e. The van der Waals surface area contributed by atoms with Crippen LogP contribution in [-0.2, 0) is 0 Å². The van der Waals surface area contributed by atoms with Gasteiger partial charge in [-0.15, -0.1) is 11.3 Å². The third-order valence-electron chi connectivity index (χ3n) is 1.93. The fraction of sp³-hybridized carbons (Fsp3) is 0.556. The Morgan fingerprint density at radius 3 is 2.93 bits per heavy atom. The number of rotatable bonds is 4. The van der Waals surface area contributed by atoms with Crippen molar-refractivity contribution in [2.24, 2.45) is 0 Å². The average Bonchev–Trinajstić information content (AvgIpc) is 2.60. The standard InChI is InChI=1S/C9H12ClN3S/c1-3-6(2)13-7(4-11)9-12-5-8(10)14-9/h5-7,13H,3H2,1-2H3. The second-order valence-corrected chi connectivity index (χ2v) is 4.73. The molecule has 0 saturated heterocycles. The first-order chi connectivity index (χ1) is 6.67. The third-order valence-corrected chi connectivity index (χ3v) is 3.11. The monoisotopic (exact) mass is 229 g/mol. The summed E-state index contributed by atoms with van der Waals surface area (Å²) in [7, 11) is 0. The van der Waals surface area contributed by atoms with Gasteiger partial charge in [0.25, 0.3) is 0 Å². The molecule has 0 fully saturated rings. The lowest BCUT2D eigenvalue weighted by atomic mass is 10.2. The van der Waals surface area contributed by atoms with E-state index >= 15 is 0 Å². The molecular formula is C9H12ClN3S. The molecule has 1 aromatic rings. The lowest BCUT2D eigenvalue weighted by Crippen LogP contribution is -2.28. The molecule has 0 bridgehead atoms. The molecule has 0 spiro atoms. The molecule has 0 aliphatic carbocycles. The van der Waals surface area contributed by atoms with E-state index < -0.39 is 0 Å². The van der Waals surface area contributed by atoms with Crippen LogP contribution in [0.1, 0.15) is 31.3 Å². The highest BCUT2D eigenvalue weighted by Gasteiger charge is 2.15. The largest absolute Gasteiger partial charge is 0.294 e. The van der Waals surface area contributed by atoms with Gasteiger partial charge in [-0.1, -0.05) is 18.5 Å². The summed E-state index contributed by atoms with van der Waals surface area (Å²) in [6.45, 7) is 4.11. The molecular weight excluding hydrogens is 218 g/mol. The molecule has 0 aliphatic rings. The molecule has 2 unspecified atom stereocenters. The van der Waals surface area contributed by atoms with Gasteiger partial charge in [-0.05, 0) is 13.3 Å². The molecule has 0 aliphatic heterocycles. The van der Waals surface area contributed by atoms with Crippen molar-refractivity contribution in [2.75, 3.05) is 0 Å². The predicted octanol–water partition coefficient (Wildman–Crippen LogP) is 2.75. The number of nitriles is 1. The Morgan fingerprint density at radius 1 is 1.79 bits per heavy atom. The van der Waals surface area contributed by atoms with Crippen LogP contribution in [0.15, 0.2) is 6.20 Å². The van der Waals surface area contributed by atoms with Gasteiger partial charge < -0.3 is 0 Å². The van der Waals surface area contributed by atoms with Crippen molar-refractivity contribution in [1.82, 2.24) is 10.3 Å². The molecule has 0 radical (unpaired) electrons. The number of thiazole rings is 1. The summed E-state index contributed by atoms with van der Waals surface area (Å²) < 4.78 is 0.617. The first-order valence-corrected chi connectivity index (χ1v) is 5.63. The van der Waals surface area contributed by atoms with E-state index in [1.54, 1.807) is 6.20 Å². The Bertz CT molecular complexity index is 331. The van der Waals surface area contributed by atoms with E-state index in [0.717, 1.165) is 11.4 Å². The number of hydrogen-bond donors (Lipinski definition) is 1. The van der Waals surface area contributed by atoms with E-state index in [2.05, 4.69) is 23.3 Å². The third kappa shape index (κ3) is 2.95. The maximum atomic E-state index is 8.94. The highest BCUT2D eigenvalue weighted by Crippen LogP contribution is 2.23. The molecule has 1 N–H and O–H groups in total. The minimum Gasteiger partial charge on any atom is -0.294 e. The van der Waals surface area contributed by atoms with Gasteiger partial charge in [-0.3, -0.25) is 5.32 Å². The Hall–Kier alpha value is -0.630. The van der Waals surface area contributed by atoms with Crippen LogP contribution in [0.25, 0.3) is 0 Å². The highest BCUT2D eigenvalue weighted by molar-refractivity contribution is 7.15. The van der Waals surface area contributed by atoms with Gasteiger partial charge in [0.15, 0.2) is 0 Å². The number of nitrogens with one attached hydrogen (secondary N) is 1. The summed E-state index contributed by atoms with van der Waals surface area (Å²) in [4.78, 5) is 4.08. The van der Waals surface area contributed by atoms with Crippen molar-refractivity contribution in [3.05, 3.63) is 15.5 Å². The van der Waals surface area contributed by atoms with Crippen LogP contribution in [0.5, 0.6) is 0 Å². The number of nitrogens with zero attached hydrogens (tertiary/aromatic N) is 2. The zero-order chi connectivity index (χ0) is 10.6. The summed E-state index contributed by atoms with van der Waals surface area (Å²) in [5, 5.41) is 12.9. The van der Waals surface area contributed by atoms with Crippen molar-refractivity contribution in [3.8, 4) is 6.07 Å². The molecule has 0 aromatic carbocycles. The Labute approximate surface area is 92.7 Å². The van der Waals surface area contributed by atoms with Crippen LogP contribution in [0, 0.1) is 11.3 Å². The van der Waals surface area contributed by atoms with Crippen LogP contribution in [0.4, 0.5) is 0 Å². The summed E-state index contributed by atoms with van der Waals surface area (Å²) in [6, 6.07) is 2.14. The summed E-state index contributed by atoms with van der Waals surface area (Å²) in [5.41, 5.74) is 0. The minimum atomic E-state index is -0.345. The number of aromatic nitrogens is 1. The maximum absolute atomic E-state index is 8.94. The predicted molar refractivity (Wildman–Crippen MR) is 58.4 cm³/mol. The normalized spacial score (nSPS) is 14.7. The minimum absolute atomic E-state index is 0.308. The number of hydrogen-bond acceptors (Lipinski definition) is 4. The van der Waals surface area contributed by atoms with Gasteiger partial charge in [-0.25, -0.2) is 4.98 Å². The average molecular weight is 230 g/mol. The van der Waals surface area contributed by atoms with E-state index in [9.17, 15) is 0 Å². The fourth-order valence-electron chi connectivity index (χ4n) is 0.967. The van der Waals surface area contributed by atoms with Crippen molar-refractivity contribution in [1.29, 1.82) is 5.26 Å². The van der Waals surface area contributed by atoms with Crippen molar-refractivity contribution in [3.63, 3.8) is 0 Å². The molecule has 0 saturated carbocycles. The summed E-state index contributed by atoms with van der Waals surface area (Å²) >= 11 is 7.09. The summed E-state index contributed by atoms with van der Waals surface area (Å²) in [6.07, 6.45) is 2.56. The Morgan fingerprint density at radius 2 is 2.50 bits per heavy atom. The van der Waals surface area contributed by atoms with Gasteiger partial charge in [0, 0.05) is 6.04 Å². The quantitative estimate of drug-likeness (QED) is 0.864.